The number of amides is 2. The standard InChI is InChI=1S/C18H24N4O3S/c1-13-6-8-14(9-7-13)15(16(23)25-2)26-17(19)20-12-21-18(24)22-10-4-3-5-11-22/h6-9,12,15H,3-5,10-11H2,1-2H3,(H2,19,20,21,24). The minimum absolute atomic E-state index is 0.135. The first-order valence-corrected chi connectivity index (χ1v) is 9.35. The molecule has 0 spiro atoms. The molecule has 0 aromatic heterocycles. The van der Waals surface area contributed by atoms with Crippen LogP contribution in [-0.2, 0) is 9.53 Å². The van der Waals surface area contributed by atoms with E-state index in [-0.39, 0.29) is 11.2 Å². The third kappa shape index (κ3) is 5.87. The second kappa shape index (κ2) is 9.96. The summed E-state index contributed by atoms with van der Waals surface area (Å²) in [4.78, 5) is 33.5. The van der Waals surface area contributed by atoms with Crippen LogP contribution in [0.4, 0.5) is 4.79 Å². The maximum Gasteiger partial charge on any atom is 0.345 e. The molecule has 8 heteroatoms. The zero-order valence-electron chi connectivity index (χ0n) is 15.1. The van der Waals surface area contributed by atoms with Gasteiger partial charge in [0.15, 0.2) is 5.17 Å². The number of piperidine rings is 1. The topological polar surface area (TPSA) is 97.4 Å². The largest absolute Gasteiger partial charge is 0.468 e. The van der Waals surface area contributed by atoms with Crippen molar-refractivity contribution < 1.29 is 14.3 Å². The summed E-state index contributed by atoms with van der Waals surface area (Å²) >= 11 is 1.06. The summed E-state index contributed by atoms with van der Waals surface area (Å²) in [6.45, 7) is 3.42. The van der Waals surface area contributed by atoms with E-state index in [1.54, 1.807) is 4.90 Å². The van der Waals surface area contributed by atoms with Crippen LogP contribution in [0.2, 0.25) is 0 Å². The van der Waals surface area contributed by atoms with Crippen molar-refractivity contribution in [3.05, 3.63) is 35.4 Å². The highest BCUT2D eigenvalue weighted by atomic mass is 32.2. The number of methoxy groups -OCH3 is 1. The SMILES string of the molecule is COC(=O)C(SC(N)=N/C=N/C(=O)N1CCCCC1)c1ccc(C)cc1. The number of carbonyl (C=O) groups excluding carboxylic acids is 2. The number of carbonyl (C=O) groups is 2. The number of hydrogen-bond donors (Lipinski definition) is 1. The number of urea groups is 1. The minimum atomic E-state index is -0.629. The van der Waals surface area contributed by atoms with Crippen LogP contribution >= 0.6 is 11.8 Å². The summed E-state index contributed by atoms with van der Waals surface area (Å²) in [6, 6.07) is 7.22. The number of nitrogens with zero attached hydrogens (tertiary/aromatic N) is 3. The predicted molar refractivity (Wildman–Crippen MR) is 104 cm³/mol. The molecule has 1 aromatic carbocycles. The van der Waals surface area contributed by atoms with E-state index in [2.05, 4.69) is 9.98 Å². The van der Waals surface area contributed by atoms with Gasteiger partial charge >= 0.3 is 12.0 Å². The first kappa shape index (κ1) is 20.0. The van der Waals surface area contributed by atoms with Gasteiger partial charge in [0.25, 0.3) is 0 Å². The zero-order chi connectivity index (χ0) is 18.9. The molecule has 0 bridgehead atoms. The number of nitrogens with two attached hydrogens (primary N) is 1. The van der Waals surface area contributed by atoms with Gasteiger partial charge in [-0.05, 0) is 31.7 Å². The van der Waals surface area contributed by atoms with Gasteiger partial charge in [-0.25, -0.2) is 9.79 Å². The molecule has 1 unspecified atom stereocenters. The normalized spacial score (nSPS) is 16.5. The average Bonchev–Trinajstić information content (AvgIpc) is 2.67. The Morgan fingerprint density at radius 3 is 2.50 bits per heavy atom. The van der Waals surface area contributed by atoms with Gasteiger partial charge in [0, 0.05) is 13.1 Å². The molecule has 0 aliphatic carbocycles. The van der Waals surface area contributed by atoms with E-state index < -0.39 is 11.2 Å². The Hall–Kier alpha value is -2.35. The molecular weight excluding hydrogens is 352 g/mol. The highest BCUT2D eigenvalue weighted by molar-refractivity contribution is 8.14. The second-order valence-electron chi connectivity index (χ2n) is 5.97. The number of benzene rings is 1. The van der Waals surface area contributed by atoms with E-state index in [1.165, 1.54) is 7.11 Å². The first-order valence-electron chi connectivity index (χ1n) is 8.47. The Morgan fingerprint density at radius 2 is 1.88 bits per heavy atom. The molecular formula is C18H24N4O3S. The Kier molecular flexibility index (Phi) is 7.65. The molecule has 1 aromatic rings. The van der Waals surface area contributed by atoms with E-state index >= 15 is 0 Å². The maximum absolute atomic E-state index is 12.1. The van der Waals surface area contributed by atoms with Crippen molar-refractivity contribution in [3.63, 3.8) is 0 Å². The molecule has 2 N–H and O–H groups in total. The van der Waals surface area contributed by atoms with Gasteiger partial charge in [-0.2, -0.15) is 4.99 Å². The monoisotopic (exact) mass is 376 g/mol. The van der Waals surface area contributed by atoms with Crippen molar-refractivity contribution in [3.8, 4) is 0 Å². The van der Waals surface area contributed by atoms with Crippen LogP contribution in [0.3, 0.4) is 0 Å². The van der Waals surface area contributed by atoms with Crippen molar-refractivity contribution in [1.82, 2.24) is 4.90 Å². The maximum atomic E-state index is 12.1. The van der Waals surface area contributed by atoms with Crippen LogP contribution in [0.1, 0.15) is 35.6 Å². The summed E-state index contributed by atoms with van der Waals surface area (Å²) in [6.07, 6.45) is 4.28. The van der Waals surface area contributed by atoms with Gasteiger partial charge in [0.05, 0.1) is 7.11 Å². The highest BCUT2D eigenvalue weighted by Crippen LogP contribution is 2.30. The molecule has 140 valence electrons. The third-order valence-corrected chi connectivity index (χ3v) is 5.06. The third-order valence-electron chi connectivity index (χ3n) is 4.01. The average molecular weight is 376 g/mol. The molecule has 7 nitrogen and oxygen atoms in total. The molecule has 1 atom stereocenters. The van der Waals surface area contributed by atoms with Crippen molar-refractivity contribution in [2.75, 3.05) is 20.2 Å². The number of hydrogen-bond acceptors (Lipinski definition) is 4. The summed E-state index contributed by atoms with van der Waals surface area (Å²) in [5, 5.41) is -0.494. The van der Waals surface area contributed by atoms with E-state index in [1.807, 2.05) is 31.2 Å². The molecule has 1 heterocycles. The van der Waals surface area contributed by atoms with E-state index in [9.17, 15) is 9.59 Å². The Bertz CT molecular complexity index is 682. The van der Waals surface area contributed by atoms with E-state index in [0.717, 1.165) is 61.6 Å². The first-order chi connectivity index (χ1) is 12.5. The number of ether oxygens (including phenoxy) is 1. The number of esters is 1. The van der Waals surface area contributed by atoms with Gasteiger partial charge < -0.3 is 15.4 Å². The van der Waals surface area contributed by atoms with Gasteiger partial charge in [0.2, 0.25) is 0 Å². The Labute approximate surface area is 157 Å². The highest BCUT2D eigenvalue weighted by Gasteiger charge is 2.23. The van der Waals surface area contributed by atoms with Crippen molar-refractivity contribution >= 4 is 35.3 Å². The van der Waals surface area contributed by atoms with E-state index in [4.69, 9.17) is 10.5 Å². The van der Waals surface area contributed by atoms with Crippen LogP contribution in [0.25, 0.3) is 0 Å². The lowest BCUT2D eigenvalue weighted by molar-refractivity contribution is -0.140. The number of aliphatic imine (C=N–C) groups is 2. The lowest BCUT2D eigenvalue weighted by Gasteiger charge is -2.24. The van der Waals surface area contributed by atoms with Crippen molar-refractivity contribution in [1.29, 1.82) is 0 Å². The Morgan fingerprint density at radius 1 is 1.23 bits per heavy atom. The number of amidine groups is 1. The second-order valence-corrected chi connectivity index (χ2v) is 7.10. The molecule has 0 radical (unpaired) electrons. The molecule has 1 fully saturated rings. The van der Waals surface area contributed by atoms with Gasteiger partial charge in [-0.1, -0.05) is 41.6 Å². The lowest BCUT2D eigenvalue weighted by Crippen LogP contribution is -2.33. The van der Waals surface area contributed by atoms with Crippen LogP contribution in [0, 0.1) is 6.92 Å². The number of rotatable bonds is 4. The van der Waals surface area contributed by atoms with Crippen LogP contribution in [0.15, 0.2) is 34.3 Å². The van der Waals surface area contributed by atoms with Crippen LogP contribution in [0.5, 0.6) is 0 Å². The Balaban J connectivity index is 2.01. The van der Waals surface area contributed by atoms with Gasteiger partial charge in [-0.3, -0.25) is 4.79 Å². The molecule has 0 saturated carbocycles. The molecule has 2 rings (SSSR count). The molecule has 26 heavy (non-hydrogen) atoms. The van der Waals surface area contributed by atoms with E-state index in [0.29, 0.717) is 0 Å². The molecule has 1 saturated heterocycles. The van der Waals surface area contributed by atoms with Crippen LogP contribution < -0.4 is 5.73 Å². The molecule has 1 aliphatic rings. The predicted octanol–water partition coefficient (Wildman–Crippen LogP) is 2.89. The van der Waals surface area contributed by atoms with Crippen molar-refractivity contribution in [2.24, 2.45) is 15.7 Å². The summed E-state index contributed by atoms with van der Waals surface area (Å²) in [7, 11) is 1.33. The van der Waals surface area contributed by atoms with Gasteiger partial charge in [-0.15, -0.1) is 0 Å². The minimum Gasteiger partial charge on any atom is -0.468 e. The fraction of sp³-hybridized carbons (Fsp3) is 0.444. The smallest absolute Gasteiger partial charge is 0.345 e. The van der Waals surface area contributed by atoms with Gasteiger partial charge in [0.1, 0.15) is 11.6 Å². The summed E-state index contributed by atoms with van der Waals surface area (Å²) in [5.74, 6) is -0.418. The summed E-state index contributed by atoms with van der Waals surface area (Å²) < 4.78 is 4.86. The van der Waals surface area contributed by atoms with Crippen LogP contribution in [-0.4, -0.2) is 48.6 Å². The number of likely N-dealkylation sites (tertiary alicyclic amines) is 1. The summed E-state index contributed by atoms with van der Waals surface area (Å²) in [5.41, 5.74) is 7.75. The number of thioether (sulfide) groups is 1. The molecule has 1 aliphatic heterocycles. The number of aryl methyl sites for hydroxylation is 1. The molecule has 2 amide bonds. The fourth-order valence-corrected chi connectivity index (χ4v) is 3.39. The quantitative estimate of drug-likeness (QED) is 0.495. The zero-order valence-corrected chi connectivity index (χ0v) is 15.9. The fourth-order valence-electron chi connectivity index (χ4n) is 2.55. The lowest BCUT2D eigenvalue weighted by atomic mass is 10.1. The van der Waals surface area contributed by atoms with Crippen molar-refractivity contribution in [2.45, 2.75) is 31.4 Å².